The topological polar surface area (TPSA) is 88.1 Å². The van der Waals surface area contributed by atoms with Crippen molar-refractivity contribution in [3.05, 3.63) is 41.0 Å². The fourth-order valence-electron chi connectivity index (χ4n) is 4.18. The van der Waals surface area contributed by atoms with E-state index < -0.39 is 34.8 Å². The molecule has 1 saturated heterocycles. The number of methoxy groups -OCH3 is 1. The summed E-state index contributed by atoms with van der Waals surface area (Å²) in [5, 5.41) is 0. The van der Waals surface area contributed by atoms with Crippen molar-refractivity contribution in [1.82, 2.24) is 0 Å². The lowest BCUT2D eigenvalue weighted by Crippen LogP contribution is -2.58. The molecular weight excluding hydrogens is 364 g/mol. The van der Waals surface area contributed by atoms with Gasteiger partial charge in [-0.1, -0.05) is 12.1 Å². The largest absolute Gasteiger partial charge is 0.497 e. The van der Waals surface area contributed by atoms with Crippen LogP contribution in [0.2, 0.25) is 0 Å². The van der Waals surface area contributed by atoms with Gasteiger partial charge >= 0.3 is 17.9 Å². The summed E-state index contributed by atoms with van der Waals surface area (Å²) in [6.45, 7) is 6.83. The van der Waals surface area contributed by atoms with Crippen molar-refractivity contribution >= 4 is 17.9 Å². The van der Waals surface area contributed by atoms with E-state index in [1.165, 1.54) is 0 Å². The molecular formula is C21H24O7. The molecule has 3 rings (SSSR count). The minimum Gasteiger partial charge on any atom is -0.497 e. The monoisotopic (exact) mass is 388 g/mol. The lowest BCUT2D eigenvalue weighted by molar-refractivity contribution is -0.164. The van der Waals surface area contributed by atoms with Crippen LogP contribution in [0.5, 0.6) is 5.75 Å². The van der Waals surface area contributed by atoms with Crippen LogP contribution in [0.15, 0.2) is 35.4 Å². The summed E-state index contributed by atoms with van der Waals surface area (Å²) in [7, 11) is 1.55. The maximum Gasteiger partial charge on any atom is 0.334 e. The van der Waals surface area contributed by atoms with E-state index in [0.717, 1.165) is 0 Å². The highest BCUT2D eigenvalue weighted by Crippen LogP contribution is 2.54. The molecule has 2 aliphatic heterocycles. The van der Waals surface area contributed by atoms with Crippen molar-refractivity contribution in [3.8, 4) is 5.75 Å². The average molecular weight is 388 g/mol. The molecule has 2 heterocycles. The minimum atomic E-state index is -1.26. The SMILES string of the molecule is CCOC(=O)[C@@H]1C(=O)OC[C@@]1(c1ccc(OC)cc1)C1(C)OC(=O)C(C)=C1C. The number of carbonyl (C=O) groups excluding carboxylic acids is 3. The van der Waals surface area contributed by atoms with Crippen LogP contribution in [-0.4, -0.2) is 43.8 Å². The van der Waals surface area contributed by atoms with Crippen LogP contribution >= 0.6 is 0 Å². The zero-order chi connectivity index (χ0) is 20.7. The lowest BCUT2D eigenvalue weighted by atomic mass is 9.59. The molecule has 0 bridgehead atoms. The molecule has 1 aromatic rings. The summed E-state index contributed by atoms with van der Waals surface area (Å²) in [6.07, 6.45) is 0. The molecule has 1 fully saturated rings. The first-order chi connectivity index (χ1) is 13.2. The maximum absolute atomic E-state index is 12.8. The Kier molecular flexibility index (Phi) is 4.95. The summed E-state index contributed by atoms with van der Waals surface area (Å²) < 4.78 is 21.6. The van der Waals surface area contributed by atoms with Crippen molar-refractivity contribution in [3.63, 3.8) is 0 Å². The second-order valence-corrected chi connectivity index (χ2v) is 7.17. The Morgan fingerprint density at radius 2 is 1.86 bits per heavy atom. The van der Waals surface area contributed by atoms with Gasteiger partial charge in [0.1, 0.15) is 18.0 Å². The maximum atomic E-state index is 12.8. The lowest BCUT2D eigenvalue weighted by Gasteiger charge is -2.44. The molecule has 7 nitrogen and oxygen atoms in total. The van der Waals surface area contributed by atoms with Gasteiger partial charge in [0.2, 0.25) is 0 Å². The van der Waals surface area contributed by atoms with Gasteiger partial charge in [-0.2, -0.15) is 0 Å². The first kappa shape index (κ1) is 19.9. The Balaban J connectivity index is 2.27. The van der Waals surface area contributed by atoms with E-state index in [9.17, 15) is 14.4 Å². The van der Waals surface area contributed by atoms with E-state index in [1.807, 2.05) is 0 Å². The predicted octanol–water partition coefficient (Wildman–Crippen LogP) is 2.32. The van der Waals surface area contributed by atoms with Crippen molar-refractivity contribution in [2.45, 2.75) is 38.7 Å². The predicted molar refractivity (Wildman–Crippen MR) is 98.6 cm³/mol. The zero-order valence-corrected chi connectivity index (χ0v) is 16.7. The number of benzene rings is 1. The fourth-order valence-corrected chi connectivity index (χ4v) is 4.18. The van der Waals surface area contributed by atoms with Gasteiger partial charge in [0.15, 0.2) is 5.92 Å². The summed E-state index contributed by atoms with van der Waals surface area (Å²) in [6, 6.07) is 6.97. The van der Waals surface area contributed by atoms with E-state index in [1.54, 1.807) is 59.1 Å². The average Bonchev–Trinajstić information content (AvgIpc) is 3.14. The summed E-state index contributed by atoms with van der Waals surface area (Å²) in [5.74, 6) is -2.51. The van der Waals surface area contributed by atoms with Crippen LogP contribution in [0, 0.1) is 5.92 Å². The van der Waals surface area contributed by atoms with Crippen molar-refractivity contribution < 1.29 is 33.3 Å². The number of hydrogen-bond donors (Lipinski definition) is 0. The Hall–Kier alpha value is -2.83. The van der Waals surface area contributed by atoms with Crippen molar-refractivity contribution in [2.24, 2.45) is 5.92 Å². The van der Waals surface area contributed by atoms with E-state index in [-0.39, 0.29) is 13.2 Å². The van der Waals surface area contributed by atoms with Crippen LogP contribution in [0.3, 0.4) is 0 Å². The standard InChI is InChI=1S/C21H24O7/c1-6-26-18(23)16-19(24)27-11-21(16,14-7-9-15(25-5)10-8-14)20(4)13(3)12(2)17(22)28-20/h7-10,16H,6,11H2,1-5H3/t16-,20?,21+/m1/s1. The second-order valence-electron chi connectivity index (χ2n) is 7.17. The number of esters is 3. The number of ether oxygens (including phenoxy) is 4. The van der Waals surface area contributed by atoms with Crippen LogP contribution in [-0.2, 0) is 34.0 Å². The molecule has 0 aliphatic carbocycles. The van der Waals surface area contributed by atoms with E-state index in [4.69, 9.17) is 18.9 Å². The third-order valence-electron chi connectivity index (χ3n) is 6.03. The molecule has 0 amide bonds. The van der Waals surface area contributed by atoms with Gasteiger partial charge in [-0.25, -0.2) is 4.79 Å². The van der Waals surface area contributed by atoms with Gasteiger partial charge in [0, 0.05) is 5.57 Å². The quantitative estimate of drug-likeness (QED) is 0.434. The first-order valence-corrected chi connectivity index (χ1v) is 9.12. The summed E-state index contributed by atoms with van der Waals surface area (Å²) in [5.41, 5.74) is -0.785. The molecule has 0 aromatic heterocycles. The highest BCUT2D eigenvalue weighted by Gasteiger charge is 2.69. The fraction of sp³-hybridized carbons (Fsp3) is 0.476. The Morgan fingerprint density at radius 3 is 2.36 bits per heavy atom. The summed E-state index contributed by atoms with van der Waals surface area (Å²) >= 11 is 0. The van der Waals surface area contributed by atoms with E-state index >= 15 is 0 Å². The Morgan fingerprint density at radius 1 is 1.21 bits per heavy atom. The molecule has 0 spiro atoms. The third kappa shape index (κ3) is 2.60. The Labute approximate surface area is 163 Å². The van der Waals surface area contributed by atoms with Crippen molar-refractivity contribution in [2.75, 3.05) is 20.3 Å². The van der Waals surface area contributed by atoms with Crippen LogP contribution in [0.25, 0.3) is 0 Å². The van der Waals surface area contributed by atoms with E-state index in [2.05, 4.69) is 0 Å². The van der Waals surface area contributed by atoms with Gasteiger partial charge in [-0.15, -0.1) is 0 Å². The molecule has 28 heavy (non-hydrogen) atoms. The number of cyclic esters (lactones) is 2. The molecule has 0 saturated carbocycles. The highest BCUT2D eigenvalue weighted by atomic mass is 16.6. The van der Waals surface area contributed by atoms with Gasteiger partial charge in [0.05, 0.1) is 19.1 Å². The van der Waals surface area contributed by atoms with Crippen LogP contribution in [0.4, 0.5) is 0 Å². The summed E-state index contributed by atoms with van der Waals surface area (Å²) in [4.78, 5) is 37.9. The smallest absolute Gasteiger partial charge is 0.334 e. The second kappa shape index (κ2) is 6.96. The van der Waals surface area contributed by atoms with Gasteiger partial charge < -0.3 is 18.9 Å². The van der Waals surface area contributed by atoms with Gasteiger partial charge in [-0.05, 0) is 51.0 Å². The number of carbonyl (C=O) groups is 3. The van der Waals surface area contributed by atoms with Crippen LogP contribution < -0.4 is 4.74 Å². The number of hydrogen-bond acceptors (Lipinski definition) is 7. The van der Waals surface area contributed by atoms with Gasteiger partial charge in [-0.3, -0.25) is 9.59 Å². The normalized spacial score (nSPS) is 29.5. The van der Waals surface area contributed by atoms with Crippen LogP contribution in [0.1, 0.15) is 33.3 Å². The highest BCUT2D eigenvalue weighted by molar-refractivity contribution is 6.00. The zero-order valence-electron chi connectivity index (χ0n) is 16.7. The first-order valence-electron chi connectivity index (χ1n) is 9.12. The molecule has 0 radical (unpaired) electrons. The molecule has 7 heteroatoms. The molecule has 1 unspecified atom stereocenters. The molecule has 0 N–H and O–H groups in total. The number of rotatable bonds is 5. The molecule has 150 valence electrons. The van der Waals surface area contributed by atoms with Gasteiger partial charge in [0.25, 0.3) is 0 Å². The third-order valence-corrected chi connectivity index (χ3v) is 6.03. The molecule has 3 atom stereocenters. The molecule has 2 aliphatic rings. The van der Waals surface area contributed by atoms with Crippen molar-refractivity contribution in [1.29, 1.82) is 0 Å². The molecule has 1 aromatic carbocycles. The Bertz CT molecular complexity index is 854. The van der Waals surface area contributed by atoms with E-state index in [0.29, 0.717) is 22.5 Å². The minimum absolute atomic E-state index is 0.115.